The van der Waals surface area contributed by atoms with Crippen molar-refractivity contribution < 1.29 is 23.1 Å². The van der Waals surface area contributed by atoms with Crippen LogP contribution >= 0.6 is 11.3 Å². The summed E-state index contributed by atoms with van der Waals surface area (Å²) in [6, 6.07) is 2.24. The van der Waals surface area contributed by atoms with Crippen LogP contribution < -0.4 is 5.32 Å². The van der Waals surface area contributed by atoms with E-state index in [1.54, 1.807) is 6.07 Å². The van der Waals surface area contributed by atoms with Gasteiger partial charge in [-0.3, -0.25) is 4.79 Å². The number of carboxylic acid groups (broad SMARTS) is 1. The van der Waals surface area contributed by atoms with Crippen LogP contribution in [0.5, 0.6) is 0 Å². The van der Waals surface area contributed by atoms with Gasteiger partial charge in [-0.25, -0.2) is 13.2 Å². The first-order valence-corrected chi connectivity index (χ1v) is 10.7. The molecule has 1 saturated heterocycles. The second kappa shape index (κ2) is 8.77. The summed E-state index contributed by atoms with van der Waals surface area (Å²) in [4.78, 5) is 23.7. The van der Waals surface area contributed by atoms with Gasteiger partial charge in [0, 0.05) is 18.0 Å². The molecule has 1 aromatic rings. The molecule has 1 aliphatic rings. The highest BCUT2D eigenvalue weighted by molar-refractivity contribution is 7.91. The molecule has 25 heavy (non-hydrogen) atoms. The molecule has 0 bridgehead atoms. The Bertz CT molecular complexity index is 708. The SMILES string of the molecule is CCCC(NC(=O)Cc1ccc(S(=O)(=O)N2CCCCC2)s1)C(=O)O. The maximum atomic E-state index is 12.6. The van der Waals surface area contributed by atoms with Gasteiger partial charge in [-0.1, -0.05) is 19.8 Å². The van der Waals surface area contributed by atoms with Gasteiger partial charge in [-0.2, -0.15) is 4.31 Å². The minimum Gasteiger partial charge on any atom is -0.480 e. The van der Waals surface area contributed by atoms with E-state index in [1.807, 2.05) is 6.92 Å². The molecule has 7 nitrogen and oxygen atoms in total. The van der Waals surface area contributed by atoms with Crippen molar-refractivity contribution in [1.82, 2.24) is 9.62 Å². The maximum Gasteiger partial charge on any atom is 0.326 e. The fourth-order valence-corrected chi connectivity index (χ4v) is 5.80. The smallest absolute Gasteiger partial charge is 0.326 e. The minimum absolute atomic E-state index is 0.0202. The number of piperidine rings is 1. The predicted molar refractivity (Wildman–Crippen MR) is 95.1 cm³/mol. The molecule has 9 heteroatoms. The highest BCUT2D eigenvalue weighted by Gasteiger charge is 2.27. The lowest BCUT2D eigenvalue weighted by Gasteiger charge is -2.25. The molecule has 2 rings (SSSR count). The van der Waals surface area contributed by atoms with Gasteiger partial charge in [-0.05, 0) is 31.4 Å². The Morgan fingerprint density at radius 1 is 1.28 bits per heavy atom. The van der Waals surface area contributed by atoms with E-state index < -0.39 is 27.9 Å². The summed E-state index contributed by atoms with van der Waals surface area (Å²) in [7, 11) is -3.50. The monoisotopic (exact) mass is 388 g/mol. The zero-order valence-corrected chi connectivity index (χ0v) is 15.9. The number of hydrogen-bond acceptors (Lipinski definition) is 5. The van der Waals surface area contributed by atoms with Gasteiger partial charge in [-0.15, -0.1) is 11.3 Å². The maximum absolute atomic E-state index is 12.6. The fraction of sp³-hybridized carbons (Fsp3) is 0.625. The standard InChI is InChI=1S/C16H24N2O5S2/c1-2-6-13(16(20)21)17-14(19)11-12-7-8-15(24-12)25(22,23)18-9-4-3-5-10-18/h7-8,13H,2-6,9-11H2,1H3,(H,17,19)(H,20,21). The molecule has 1 unspecified atom stereocenters. The number of carbonyl (C=O) groups is 2. The Labute approximate surface area is 152 Å². The number of carbonyl (C=O) groups excluding carboxylic acids is 1. The first-order chi connectivity index (χ1) is 11.8. The lowest BCUT2D eigenvalue weighted by molar-refractivity contribution is -0.141. The summed E-state index contributed by atoms with van der Waals surface area (Å²) in [5, 5.41) is 11.6. The molecule has 2 N–H and O–H groups in total. The Morgan fingerprint density at radius 2 is 1.96 bits per heavy atom. The Morgan fingerprint density at radius 3 is 2.56 bits per heavy atom. The quantitative estimate of drug-likeness (QED) is 0.707. The van der Waals surface area contributed by atoms with E-state index in [0.29, 0.717) is 30.8 Å². The molecule has 0 spiro atoms. The number of nitrogens with one attached hydrogen (secondary N) is 1. The van der Waals surface area contributed by atoms with Crippen LogP contribution in [0, 0.1) is 0 Å². The first-order valence-electron chi connectivity index (χ1n) is 8.45. The highest BCUT2D eigenvalue weighted by atomic mass is 32.2. The average Bonchev–Trinajstić information content (AvgIpc) is 3.04. The van der Waals surface area contributed by atoms with Crippen molar-refractivity contribution in [2.24, 2.45) is 0 Å². The molecule has 1 aromatic heterocycles. The molecule has 1 fully saturated rings. The van der Waals surface area contributed by atoms with Crippen LogP contribution in [0.4, 0.5) is 0 Å². The number of rotatable bonds is 8. The summed E-state index contributed by atoms with van der Waals surface area (Å²) < 4.78 is 26.9. The van der Waals surface area contributed by atoms with Gasteiger partial charge < -0.3 is 10.4 Å². The number of aliphatic carboxylic acids is 1. The first kappa shape index (κ1) is 19.9. The second-order valence-electron chi connectivity index (χ2n) is 6.11. The van der Waals surface area contributed by atoms with E-state index in [1.165, 1.54) is 10.4 Å². The summed E-state index contributed by atoms with van der Waals surface area (Å²) in [6.07, 6.45) is 3.77. The lowest BCUT2D eigenvalue weighted by atomic mass is 10.1. The van der Waals surface area contributed by atoms with Gasteiger partial charge >= 0.3 is 5.97 Å². The predicted octanol–water partition coefficient (Wildman–Crippen LogP) is 1.83. The van der Waals surface area contributed by atoms with Crippen molar-refractivity contribution in [2.45, 2.75) is 55.7 Å². The molecule has 0 saturated carbocycles. The number of hydrogen-bond donors (Lipinski definition) is 2. The van der Waals surface area contributed by atoms with Gasteiger partial charge in [0.05, 0.1) is 6.42 Å². The van der Waals surface area contributed by atoms with Crippen molar-refractivity contribution in [1.29, 1.82) is 0 Å². The van der Waals surface area contributed by atoms with Crippen molar-refractivity contribution in [3.63, 3.8) is 0 Å². The Hall–Kier alpha value is -1.45. The highest BCUT2D eigenvalue weighted by Crippen LogP contribution is 2.27. The van der Waals surface area contributed by atoms with Crippen LogP contribution in [-0.4, -0.2) is 48.8 Å². The molecule has 0 aromatic carbocycles. The third-order valence-corrected chi connectivity index (χ3v) is 7.54. The molecule has 1 amide bonds. The number of amides is 1. The van der Waals surface area contributed by atoms with E-state index in [2.05, 4.69) is 5.32 Å². The van der Waals surface area contributed by atoms with Crippen LogP contribution in [0.15, 0.2) is 16.3 Å². The summed E-state index contributed by atoms with van der Waals surface area (Å²) in [5.41, 5.74) is 0. The van der Waals surface area contributed by atoms with E-state index in [-0.39, 0.29) is 10.6 Å². The van der Waals surface area contributed by atoms with Gasteiger partial charge in [0.1, 0.15) is 10.3 Å². The minimum atomic E-state index is -3.50. The van der Waals surface area contributed by atoms with E-state index >= 15 is 0 Å². The topological polar surface area (TPSA) is 104 Å². The van der Waals surface area contributed by atoms with Crippen molar-refractivity contribution in [2.75, 3.05) is 13.1 Å². The van der Waals surface area contributed by atoms with Gasteiger partial charge in [0.15, 0.2) is 0 Å². The zero-order chi connectivity index (χ0) is 18.4. The molecule has 0 aliphatic carbocycles. The van der Waals surface area contributed by atoms with Gasteiger partial charge in [0.25, 0.3) is 10.0 Å². The number of carboxylic acids is 1. The number of thiophene rings is 1. The Balaban J connectivity index is 2.00. The molecule has 2 heterocycles. The number of sulfonamides is 1. The molecule has 140 valence electrons. The molecular weight excluding hydrogens is 364 g/mol. The fourth-order valence-electron chi connectivity index (χ4n) is 2.77. The number of nitrogens with zero attached hydrogens (tertiary/aromatic N) is 1. The third kappa shape index (κ3) is 5.26. The van der Waals surface area contributed by atoms with E-state index in [9.17, 15) is 18.0 Å². The second-order valence-corrected chi connectivity index (χ2v) is 9.44. The molecule has 1 aliphatic heterocycles. The normalized spacial score (nSPS) is 17.2. The largest absolute Gasteiger partial charge is 0.480 e. The van der Waals surface area contributed by atoms with Crippen LogP contribution in [0.1, 0.15) is 43.9 Å². The van der Waals surface area contributed by atoms with Crippen LogP contribution in [0.2, 0.25) is 0 Å². The average molecular weight is 389 g/mol. The van der Waals surface area contributed by atoms with E-state index in [4.69, 9.17) is 5.11 Å². The van der Waals surface area contributed by atoms with Gasteiger partial charge in [0.2, 0.25) is 5.91 Å². The molecule has 0 radical (unpaired) electrons. The summed E-state index contributed by atoms with van der Waals surface area (Å²) in [5.74, 6) is -1.47. The summed E-state index contributed by atoms with van der Waals surface area (Å²) in [6.45, 7) is 2.92. The lowest BCUT2D eigenvalue weighted by Crippen LogP contribution is -2.41. The van der Waals surface area contributed by atoms with Crippen molar-refractivity contribution in [3.05, 3.63) is 17.0 Å². The van der Waals surface area contributed by atoms with Crippen LogP contribution in [0.3, 0.4) is 0 Å². The Kier molecular flexibility index (Phi) is 6.97. The molecule has 1 atom stereocenters. The van der Waals surface area contributed by atoms with E-state index in [0.717, 1.165) is 30.6 Å². The third-order valence-electron chi connectivity index (χ3n) is 4.09. The van der Waals surface area contributed by atoms with Crippen LogP contribution in [-0.2, 0) is 26.0 Å². The van der Waals surface area contributed by atoms with Crippen molar-refractivity contribution in [3.8, 4) is 0 Å². The summed E-state index contributed by atoms with van der Waals surface area (Å²) >= 11 is 1.07. The van der Waals surface area contributed by atoms with Crippen LogP contribution in [0.25, 0.3) is 0 Å². The van der Waals surface area contributed by atoms with Crippen molar-refractivity contribution >= 4 is 33.2 Å². The molecular formula is C16H24N2O5S2. The zero-order valence-electron chi connectivity index (χ0n) is 14.2.